The van der Waals surface area contributed by atoms with Gasteiger partial charge in [-0.3, -0.25) is 4.79 Å². The Balaban J connectivity index is 2.01. The number of likely N-dealkylation sites (tertiary alicyclic amines) is 1. The third-order valence-corrected chi connectivity index (χ3v) is 5.27. The Labute approximate surface area is 151 Å². The van der Waals surface area contributed by atoms with Gasteiger partial charge >= 0.3 is 0 Å². The number of aliphatic hydroxyl groups excluding tert-OH is 1. The average Bonchev–Trinajstić information content (AvgIpc) is 2.60. The van der Waals surface area contributed by atoms with Crippen molar-refractivity contribution >= 4 is 5.91 Å². The van der Waals surface area contributed by atoms with Crippen molar-refractivity contribution in [1.29, 1.82) is 0 Å². The lowest BCUT2D eigenvalue weighted by Gasteiger charge is -2.40. The third-order valence-electron chi connectivity index (χ3n) is 5.27. The number of aliphatic hydroxyl groups is 1. The number of carbonyl (C=O) groups is 1. The summed E-state index contributed by atoms with van der Waals surface area (Å²) in [5, 5.41) is 13.2. The van der Waals surface area contributed by atoms with Crippen LogP contribution in [0.1, 0.15) is 45.6 Å². The van der Waals surface area contributed by atoms with Gasteiger partial charge in [0.25, 0.3) is 0 Å². The molecule has 5 heteroatoms. The van der Waals surface area contributed by atoms with E-state index in [1.165, 1.54) is 6.42 Å². The van der Waals surface area contributed by atoms with E-state index in [0.717, 1.165) is 24.2 Å². The van der Waals surface area contributed by atoms with Gasteiger partial charge in [-0.2, -0.15) is 0 Å². The first-order valence-corrected chi connectivity index (χ1v) is 9.19. The molecule has 1 aromatic carbocycles. The van der Waals surface area contributed by atoms with E-state index in [4.69, 9.17) is 4.74 Å². The summed E-state index contributed by atoms with van der Waals surface area (Å²) < 4.78 is 5.40. The van der Waals surface area contributed by atoms with Crippen LogP contribution in [0.15, 0.2) is 24.3 Å². The second kappa shape index (κ2) is 8.68. The fourth-order valence-electron chi connectivity index (χ4n) is 3.74. The average molecular weight is 348 g/mol. The second-order valence-electron chi connectivity index (χ2n) is 7.49. The molecule has 0 bridgehead atoms. The van der Waals surface area contributed by atoms with Gasteiger partial charge in [-0.05, 0) is 58.1 Å². The zero-order chi connectivity index (χ0) is 18.4. The van der Waals surface area contributed by atoms with Crippen molar-refractivity contribution in [2.45, 2.75) is 64.1 Å². The molecular formula is C20H32N2O3. The molecule has 0 spiro atoms. The van der Waals surface area contributed by atoms with Gasteiger partial charge in [-0.15, -0.1) is 0 Å². The van der Waals surface area contributed by atoms with E-state index in [1.807, 2.05) is 36.1 Å². The van der Waals surface area contributed by atoms with E-state index in [9.17, 15) is 9.90 Å². The van der Waals surface area contributed by atoms with Gasteiger partial charge < -0.3 is 20.1 Å². The Kier molecular flexibility index (Phi) is 6.85. The van der Waals surface area contributed by atoms with Gasteiger partial charge in [-0.25, -0.2) is 0 Å². The van der Waals surface area contributed by atoms with Crippen molar-refractivity contribution in [3.8, 4) is 5.75 Å². The molecule has 2 N–H and O–H groups in total. The number of para-hydroxylation sites is 1. The summed E-state index contributed by atoms with van der Waals surface area (Å²) in [6.45, 7) is 6.36. The quantitative estimate of drug-likeness (QED) is 0.794. The van der Waals surface area contributed by atoms with Crippen LogP contribution in [-0.4, -0.2) is 53.8 Å². The van der Waals surface area contributed by atoms with E-state index in [1.54, 1.807) is 7.11 Å². The number of rotatable bonds is 7. The van der Waals surface area contributed by atoms with Crippen LogP contribution in [0.5, 0.6) is 5.75 Å². The lowest BCUT2D eigenvalue weighted by molar-refractivity contribution is -0.136. The number of amides is 1. The van der Waals surface area contributed by atoms with Crippen molar-refractivity contribution in [3.05, 3.63) is 29.8 Å². The highest BCUT2D eigenvalue weighted by Crippen LogP contribution is 2.24. The van der Waals surface area contributed by atoms with Gasteiger partial charge in [0.05, 0.1) is 20.3 Å². The van der Waals surface area contributed by atoms with E-state index >= 15 is 0 Å². The number of nitrogens with zero attached hydrogens (tertiary/aromatic N) is 1. The van der Waals surface area contributed by atoms with Crippen molar-refractivity contribution in [3.63, 3.8) is 0 Å². The summed E-state index contributed by atoms with van der Waals surface area (Å²) in [4.78, 5) is 14.7. The molecule has 1 heterocycles. The van der Waals surface area contributed by atoms with Crippen molar-refractivity contribution in [2.24, 2.45) is 0 Å². The van der Waals surface area contributed by atoms with E-state index in [0.29, 0.717) is 6.42 Å². The summed E-state index contributed by atoms with van der Waals surface area (Å²) in [5.74, 6) is 0.910. The zero-order valence-electron chi connectivity index (χ0n) is 15.9. The van der Waals surface area contributed by atoms with Gasteiger partial charge in [0.1, 0.15) is 5.75 Å². The topological polar surface area (TPSA) is 61.8 Å². The molecule has 1 amide bonds. The standard InChI is InChI=1S/C20H32N2O3/c1-15-8-7-9-16(2)22(15)19(24)13-21-20(3,14-23)12-17-10-5-6-11-18(17)25-4/h5-6,10-11,15-16,21,23H,7-9,12-14H2,1-4H3. The number of carbonyl (C=O) groups excluding carboxylic acids is 1. The lowest BCUT2D eigenvalue weighted by atomic mass is 9.92. The first-order valence-electron chi connectivity index (χ1n) is 9.19. The first kappa shape index (κ1) is 19.7. The Bertz CT molecular complexity index is 568. The Morgan fingerprint density at radius 1 is 1.32 bits per heavy atom. The molecule has 1 aliphatic rings. The molecule has 1 aromatic rings. The summed E-state index contributed by atoms with van der Waals surface area (Å²) in [6.07, 6.45) is 3.90. The monoisotopic (exact) mass is 348 g/mol. The van der Waals surface area contributed by atoms with E-state index < -0.39 is 5.54 Å². The second-order valence-corrected chi connectivity index (χ2v) is 7.49. The highest BCUT2D eigenvalue weighted by molar-refractivity contribution is 5.79. The summed E-state index contributed by atoms with van der Waals surface area (Å²) in [6, 6.07) is 8.35. The van der Waals surface area contributed by atoms with Gasteiger partial charge in [0, 0.05) is 17.6 Å². The Hall–Kier alpha value is -1.59. The highest BCUT2D eigenvalue weighted by Gasteiger charge is 2.31. The molecular weight excluding hydrogens is 316 g/mol. The summed E-state index contributed by atoms with van der Waals surface area (Å²) in [5.41, 5.74) is 0.438. The molecule has 3 unspecified atom stereocenters. The van der Waals surface area contributed by atoms with Crippen LogP contribution < -0.4 is 10.1 Å². The molecule has 1 saturated heterocycles. The SMILES string of the molecule is COc1ccccc1CC(C)(CO)NCC(=O)N1C(C)CCCC1C. The molecule has 5 nitrogen and oxygen atoms in total. The molecule has 3 atom stereocenters. The minimum absolute atomic E-state index is 0.0521. The number of methoxy groups -OCH3 is 1. The minimum atomic E-state index is -0.577. The number of benzene rings is 1. The molecule has 0 saturated carbocycles. The van der Waals surface area contributed by atoms with Crippen LogP contribution in [0.25, 0.3) is 0 Å². The smallest absolute Gasteiger partial charge is 0.237 e. The number of hydrogen-bond acceptors (Lipinski definition) is 4. The molecule has 25 heavy (non-hydrogen) atoms. The minimum Gasteiger partial charge on any atom is -0.496 e. The molecule has 140 valence electrons. The van der Waals surface area contributed by atoms with Crippen LogP contribution in [0.4, 0.5) is 0 Å². The van der Waals surface area contributed by atoms with E-state index in [-0.39, 0.29) is 31.1 Å². The number of ether oxygens (including phenoxy) is 1. The third kappa shape index (κ3) is 4.95. The van der Waals surface area contributed by atoms with Crippen LogP contribution in [0.3, 0.4) is 0 Å². The lowest BCUT2D eigenvalue weighted by Crippen LogP contribution is -2.55. The Morgan fingerprint density at radius 3 is 2.56 bits per heavy atom. The maximum atomic E-state index is 12.7. The number of hydrogen-bond donors (Lipinski definition) is 2. The Morgan fingerprint density at radius 2 is 1.96 bits per heavy atom. The van der Waals surface area contributed by atoms with E-state index in [2.05, 4.69) is 19.2 Å². The predicted octanol–water partition coefficient (Wildman–Crippen LogP) is 2.37. The van der Waals surface area contributed by atoms with Crippen molar-refractivity contribution in [1.82, 2.24) is 10.2 Å². The fraction of sp³-hybridized carbons (Fsp3) is 0.650. The molecule has 0 aliphatic carbocycles. The molecule has 1 fully saturated rings. The van der Waals surface area contributed by atoms with Crippen molar-refractivity contribution in [2.75, 3.05) is 20.3 Å². The summed E-state index contributed by atoms with van der Waals surface area (Å²) >= 11 is 0. The van der Waals surface area contributed by atoms with Gasteiger partial charge in [0.15, 0.2) is 0 Å². The normalized spacial score (nSPS) is 23.2. The van der Waals surface area contributed by atoms with Crippen LogP contribution >= 0.6 is 0 Å². The molecule has 1 aliphatic heterocycles. The van der Waals surface area contributed by atoms with Crippen LogP contribution in [0.2, 0.25) is 0 Å². The predicted molar refractivity (Wildman–Crippen MR) is 99.8 cm³/mol. The maximum absolute atomic E-state index is 12.7. The molecule has 0 aromatic heterocycles. The van der Waals surface area contributed by atoms with Gasteiger partial charge in [0.2, 0.25) is 5.91 Å². The zero-order valence-corrected chi connectivity index (χ0v) is 15.9. The number of piperidine rings is 1. The maximum Gasteiger partial charge on any atom is 0.237 e. The van der Waals surface area contributed by atoms with Crippen molar-refractivity contribution < 1.29 is 14.6 Å². The first-order chi connectivity index (χ1) is 11.9. The largest absolute Gasteiger partial charge is 0.496 e. The summed E-state index contributed by atoms with van der Waals surface area (Å²) in [7, 11) is 1.64. The highest BCUT2D eigenvalue weighted by atomic mass is 16.5. The van der Waals surface area contributed by atoms with Gasteiger partial charge in [-0.1, -0.05) is 18.2 Å². The van der Waals surface area contributed by atoms with Crippen LogP contribution in [0, 0.1) is 0 Å². The molecule has 2 rings (SSSR count). The molecule has 0 radical (unpaired) electrons. The number of nitrogens with one attached hydrogen (secondary N) is 1. The fourth-order valence-corrected chi connectivity index (χ4v) is 3.74. The van der Waals surface area contributed by atoms with Crippen LogP contribution in [-0.2, 0) is 11.2 Å².